The van der Waals surface area contributed by atoms with Crippen molar-refractivity contribution in [1.82, 2.24) is 14.7 Å². The average Bonchev–Trinajstić information content (AvgIpc) is 3.00. The molecule has 0 atom stereocenters. The Bertz CT molecular complexity index is 807. The number of carbonyl (C=O) groups is 2. The van der Waals surface area contributed by atoms with Crippen LogP contribution in [0, 0.1) is 19.3 Å². The molecule has 5 heteroatoms. The first-order valence-electron chi connectivity index (χ1n) is 8.73. The molecule has 0 saturated heterocycles. The molecule has 2 heterocycles. The van der Waals surface area contributed by atoms with Crippen LogP contribution in [0.3, 0.4) is 0 Å². The van der Waals surface area contributed by atoms with E-state index in [1.165, 1.54) is 4.90 Å². The second-order valence-electron chi connectivity index (χ2n) is 7.56. The summed E-state index contributed by atoms with van der Waals surface area (Å²) in [6.45, 7) is 8.93. The van der Waals surface area contributed by atoms with Crippen LogP contribution in [0.15, 0.2) is 30.6 Å². The highest BCUT2D eigenvalue weighted by atomic mass is 16.2. The van der Waals surface area contributed by atoms with Crippen molar-refractivity contribution in [3.8, 4) is 0 Å². The Labute approximate surface area is 148 Å². The predicted octanol–water partition coefficient (Wildman–Crippen LogP) is 3.14. The summed E-state index contributed by atoms with van der Waals surface area (Å²) >= 11 is 0. The van der Waals surface area contributed by atoms with Crippen LogP contribution in [0.4, 0.5) is 0 Å². The summed E-state index contributed by atoms with van der Waals surface area (Å²) in [6.07, 6.45) is 4.89. The van der Waals surface area contributed by atoms with Crippen LogP contribution in [-0.4, -0.2) is 33.0 Å². The predicted molar refractivity (Wildman–Crippen MR) is 96.3 cm³/mol. The van der Waals surface area contributed by atoms with Gasteiger partial charge in [0.25, 0.3) is 5.91 Å². The number of fused-ring (bicyclic) bond motifs is 1. The first-order valence-corrected chi connectivity index (χ1v) is 8.73. The van der Waals surface area contributed by atoms with Gasteiger partial charge in [0.2, 0.25) is 5.91 Å². The summed E-state index contributed by atoms with van der Waals surface area (Å²) in [6, 6.07) is 5.93. The lowest BCUT2D eigenvalue weighted by molar-refractivity contribution is -0.137. The van der Waals surface area contributed by atoms with Crippen LogP contribution in [0.25, 0.3) is 0 Å². The zero-order chi connectivity index (χ0) is 18.2. The van der Waals surface area contributed by atoms with Gasteiger partial charge in [-0.05, 0) is 43.9 Å². The lowest BCUT2D eigenvalue weighted by atomic mass is 9.83. The Morgan fingerprint density at radius 3 is 2.60 bits per heavy atom. The minimum Gasteiger partial charge on any atom is -0.278 e. The molecule has 1 aromatic heterocycles. The minimum atomic E-state index is -0.590. The summed E-state index contributed by atoms with van der Waals surface area (Å²) in [5.74, 6) is -0.255. The molecule has 0 spiro atoms. The van der Waals surface area contributed by atoms with Gasteiger partial charge >= 0.3 is 0 Å². The van der Waals surface area contributed by atoms with Crippen molar-refractivity contribution in [2.24, 2.45) is 5.41 Å². The van der Waals surface area contributed by atoms with Crippen LogP contribution in [0.1, 0.15) is 47.3 Å². The van der Waals surface area contributed by atoms with Crippen molar-refractivity contribution in [2.75, 3.05) is 6.54 Å². The van der Waals surface area contributed by atoms with E-state index in [0.717, 1.165) is 16.7 Å². The van der Waals surface area contributed by atoms with Crippen LogP contribution in [-0.2, 0) is 17.8 Å². The zero-order valence-corrected chi connectivity index (χ0v) is 15.4. The average molecular weight is 339 g/mol. The van der Waals surface area contributed by atoms with E-state index in [1.54, 1.807) is 6.20 Å². The third-order valence-electron chi connectivity index (χ3n) is 4.81. The molecule has 1 aliphatic rings. The number of nitrogens with zero attached hydrogens (tertiary/aromatic N) is 3. The third-order valence-corrected chi connectivity index (χ3v) is 4.81. The van der Waals surface area contributed by atoms with Crippen LogP contribution >= 0.6 is 0 Å². The second-order valence-corrected chi connectivity index (χ2v) is 7.56. The van der Waals surface area contributed by atoms with Gasteiger partial charge in [-0.3, -0.25) is 19.2 Å². The Morgan fingerprint density at radius 2 is 1.92 bits per heavy atom. The minimum absolute atomic E-state index is 0.0915. The van der Waals surface area contributed by atoms with Gasteiger partial charge in [0.05, 0.1) is 0 Å². The van der Waals surface area contributed by atoms with Crippen molar-refractivity contribution < 1.29 is 9.59 Å². The molecule has 2 amide bonds. The normalized spacial score (nSPS) is 16.7. The molecule has 132 valence electrons. The molecule has 0 saturated carbocycles. The van der Waals surface area contributed by atoms with Crippen molar-refractivity contribution in [1.29, 1.82) is 0 Å². The molecule has 0 radical (unpaired) electrons. The zero-order valence-electron chi connectivity index (χ0n) is 15.4. The van der Waals surface area contributed by atoms with Gasteiger partial charge in [0, 0.05) is 36.5 Å². The van der Waals surface area contributed by atoms with E-state index in [4.69, 9.17) is 0 Å². The van der Waals surface area contributed by atoms with E-state index >= 15 is 0 Å². The van der Waals surface area contributed by atoms with E-state index in [9.17, 15) is 9.59 Å². The summed E-state index contributed by atoms with van der Waals surface area (Å²) < 4.78 is 1.82. The maximum absolute atomic E-state index is 13.1. The molecule has 0 fully saturated rings. The molecule has 0 bridgehead atoms. The molecule has 2 aromatic rings. The van der Waals surface area contributed by atoms with Gasteiger partial charge in [-0.2, -0.15) is 5.10 Å². The molecular weight excluding hydrogens is 314 g/mol. The van der Waals surface area contributed by atoms with Gasteiger partial charge in [-0.1, -0.05) is 31.5 Å². The van der Waals surface area contributed by atoms with Gasteiger partial charge < -0.3 is 0 Å². The van der Waals surface area contributed by atoms with Gasteiger partial charge in [0.15, 0.2) is 0 Å². The molecule has 3 rings (SSSR count). The molecular formula is C20H25N3O2. The van der Waals surface area contributed by atoms with E-state index in [0.29, 0.717) is 31.5 Å². The van der Waals surface area contributed by atoms with E-state index in [2.05, 4.69) is 5.10 Å². The number of amides is 2. The van der Waals surface area contributed by atoms with E-state index in [1.807, 2.05) is 56.8 Å². The molecule has 5 nitrogen and oxygen atoms in total. The summed E-state index contributed by atoms with van der Waals surface area (Å²) in [7, 11) is 0. The van der Waals surface area contributed by atoms with Crippen LogP contribution < -0.4 is 0 Å². The molecule has 25 heavy (non-hydrogen) atoms. The van der Waals surface area contributed by atoms with Crippen molar-refractivity contribution >= 4 is 11.8 Å². The third kappa shape index (κ3) is 3.36. The number of hydrogen-bond acceptors (Lipinski definition) is 3. The number of aryl methyl sites for hydroxylation is 3. The van der Waals surface area contributed by atoms with Gasteiger partial charge in [-0.15, -0.1) is 0 Å². The monoisotopic (exact) mass is 339 g/mol. The lowest BCUT2D eigenvalue weighted by Crippen LogP contribution is -2.44. The number of rotatable bonds is 4. The molecule has 0 aliphatic carbocycles. The van der Waals surface area contributed by atoms with Crippen molar-refractivity contribution in [2.45, 2.75) is 47.1 Å². The fourth-order valence-corrected chi connectivity index (χ4v) is 3.67. The fraction of sp³-hybridized carbons (Fsp3) is 0.450. The first kappa shape index (κ1) is 17.4. The highest BCUT2D eigenvalue weighted by Gasteiger charge is 2.40. The molecule has 1 aromatic carbocycles. The number of aromatic nitrogens is 2. The number of carbonyl (C=O) groups excluding carboxylic acids is 2. The molecule has 0 unspecified atom stereocenters. The van der Waals surface area contributed by atoms with E-state index < -0.39 is 5.41 Å². The number of imide groups is 1. The summed E-state index contributed by atoms with van der Waals surface area (Å²) in [5, 5.41) is 4.17. The number of benzene rings is 1. The topological polar surface area (TPSA) is 55.2 Å². The second kappa shape index (κ2) is 6.47. The van der Waals surface area contributed by atoms with Crippen LogP contribution in [0.5, 0.6) is 0 Å². The largest absolute Gasteiger partial charge is 0.278 e. The van der Waals surface area contributed by atoms with Crippen LogP contribution in [0.2, 0.25) is 0 Å². The maximum Gasteiger partial charge on any atom is 0.261 e. The Balaban J connectivity index is 1.90. The lowest BCUT2D eigenvalue weighted by Gasteiger charge is -2.27. The first-order chi connectivity index (χ1) is 11.8. The smallest absolute Gasteiger partial charge is 0.261 e. The number of hydrogen-bond donors (Lipinski definition) is 0. The van der Waals surface area contributed by atoms with Gasteiger partial charge in [-0.25, -0.2) is 0 Å². The Morgan fingerprint density at radius 1 is 1.16 bits per heavy atom. The fourth-order valence-electron chi connectivity index (χ4n) is 3.67. The van der Waals surface area contributed by atoms with E-state index in [-0.39, 0.29) is 11.8 Å². The van der Waals surface area contributed by atoms with Crippen molar-refractivity contribution in [3.63, 3.8) is 0 Å². The molecule has 1 aliphatic heterocycles. The Kier molecular flexibility index (Phi) is 4.50. The van der Waals surface area contributed by atoms with Crippen molar-refractivity contribution in [3.05, 3.63) is 52.8 Å². The van der Waals surface area contributed by atoms with Gasteiger partial charge in [0.1, 0.15) is 0 Å². The molecule has 0 N–H and O–H groups in total. The highest BCUT2D eigenvalue weighted by molar-refractivity contribution is 6.09. The summed E-state index contributed by atoms with van der Waals surface area (Å²) in [5.41, 5.74) is 3.16. The standard InChI is InChI=1S/C20H25N3O2/c1-14-11-15(2)17-16(12-14)13-20(3,4)19(25)23(18(17)24)10-6-9-22-8-5-7-21-22/h5,7-8,11-12H,6,9-10,13H2,1-4H3. The Hall–Kier alpha value is -2.43. The highest BCUT2D eigenvalue weighted by Crippen LogP contribution is 2.33. The SMILES string of the molecule is Cc1cc(C)c2c(c1)CC(C)(C)C(=O)N(CCCn1cccn1)C2=O. The quantitative estimate of drug-likeness (QED) is 0.804. The maximum atomic E-state index is 13.1. The summed E-state index contributed by atoms with van der Waals surface area (Å²) in [4.78, 5) is 27.6.